The van der Waals surface area contributed by atoms with Crippen LogP contribution in [-0.4, -0.2) is 16.2 Å². The number of rotatable bonds is 3. The Hall–Kier alpha value is -2.24. The van der Waals surface area contributed by atoms with Gasteiger partial charge in [-0.05, 0) is 13.0 Å². The van der Waals surface area contributed by atoms with Crippen LogP contribution in [0.5, 0.6) is 0 Å². The number of halogens is 2. The van der Waals surface area contributed by atoms with Crippen molar-refractivity contribution >= 4 is 5.97 Å². The van der Waals surface area contributed by atoms with Crippen molar-refractivity contribution in [1.82, 2.24) is 5.16 Å². The lowest BCUT2D eigenvalue weighted by Gasteiger charge is -2.08. The molecule has 0 spiro atoms. The molecule has 0 aliphatic carbocycles. The fourth-order valence-electron chi connectivity index (χ4n) is 1.66. The van der Waals surface area contributed by atoms with Crippen molar-refractivity contribution in [2.75, 3.05) is 0 Å². The average molecular weight is 253 g/mol. The van der Waals surface area contributed by atoms with E-state index in [0.717, 1.165) is 12.1 Å². The van der Waals surface area contributed by atoms with Gasteiger partial charge in [0.05, 0.1) is 0 Å². The van der Waals surface area contributed by atoms with Gasteiger partial charge in [-0.1, -0.05) is 17.3 Å². The van der Waals surface area contributed by atoms with Gasteiger partial charge in [0.25, 0.3) is 0 Å². The van der Waals surface area contributed by atoms with E-state index in [1.165, 1.54) is 19.1 Å². The molecule has 4 nitrogen and oxygen atoms in total. The monoisotopic (exact) mass is 253 g/mol. The van der Waals surface area contributed by atoms with Crippen molar-refractivity contribution in [2.45, 2.75) is 13.1 Å². The smallest absolute Gasteiger partial charge is 0.358 e. The highest BCUT2D eigenvalue weighted by molar-refractivity contribution is 5.86. The minimum atomic E-state index is -1.54. The van der Waals surface area contributed by atoms with Crippen molar-refractivity contribution in [3.63, 3.8) is 0 Å². The van der Waals surface area contributed by atoms with Crippen LogP contribution in [0.15, 0.2) is 28.8 Å². The van der Waals surface area contributed by atoms with E-state index < -0.39 is 18.0 Å². The Morgan fingerprint density at radius 2 is 2.22 bits per heavy atom. The van der Waals surface area contributed by atoms with Crippen molar-refractivity contribution in [3.05, 3.63) is 41.3 Å². The van der Waals surface area contributed by atoms with Gasteiger partial charge in [0, 0.05) is 17.2 Å². The number of nitrogens with zero attached hydrogens (tertiary/aromatic N) is 1. The van der Waals surface area contributed by atoms with Crippen LogP contribution >= 0.6 is 0 Å². The molecule has 1 aromatic carbocycles. The third-order valence-electron chi connectivity index (χ3n) is 2.45. The minimum Gasteiger partial charge on any atom is -0.476 e. The molecular formula is C12H9F2NO3. The predicted molar refractivity (Wildman–Crippen MR) is 58.4 cm³/mol. The van der Waals surface area contributed by atoms with Crippen LogP contribution in [-0.2, 0) is 0 Å². The summed E-state index contributed by atoms with van der Waals surface area (Å²) in [5, 5.41) is 12.0. The molecule has 18 heavy (non-hydrogen) atoms. The number of aromatic carboxylic acids is 1. The predicted octanol–water partition coefficient (Wildman–Crippen LogP) is 3.21. The Labute approximate surface area is 101 Å². The molecule has 0 bridgehead atoms. The summed E-state index contributed by atoms with van der Waals surface area (Å²) in [6.07, 6.45) is -1.54. The molecule has 1 atom stereocenters. The summed E-state index contributed by atoms with van der Waals surface area (Å²) in [5.74, 6) is -1.96. The van der Waals surface area contributed by atoms with Crippen LogP contribution in [0.3, 0.4) is 0 Å². The fraction of sp³-hybridized carbons (Fsp3) is 0.167. The summed E-state index contributed by atoms with van der Waals surface area (Å²) in [5.41, 5.74) is -0.331. The third kappa shape index (κ3) is 2.09. The van der Waals surface area contributed by atoms with Crippen LogP contribution in [0.1, 0.15) is 29.1 Å². The molecule has 0 fully saturated rings. The number of hydrogen-bond donors (Lipinski definition) is 1. The lowest BCUT2D eigenvalue weighted by Crippen LogP contribution is -1.96. The molecule has 0 amide bonds. The standard InChI is InChI=1S/C12H9F2NO3/c1-6(13)11-7(3-2-4-8(11)14)10-5-9(12(16)17)15-18-10/h2-6H,1H3,(H,16,17). The topological polar surface area (TPSA) is 63.3 Å². The first-order chi connectivity index (χ1) is 8.50. The van der Waals surface area contributed by atoms with Gasteiger partial charge in [-0.25, -0.2) is 13.6 Å². The lowest BCUT2D eigenvalue weighted by molar-refractivity contribution is 0.0686. The number of aromatic nitrogens is 1. The van der Waals surface area contributed by atoms with Gasteiger partial charge in [-0.2, -0.15) is 0 Å². The van der Waals surface area contributed by atoms with E-state index in [0.29, 0.717) is 0 Å². The second kappa shape index (κ2) is 4.56. The van der Waals surface area contributed by atoms with Gasteiger partial charge >= 0.3 is 5.97 Å². The molecule has 0 radical (unpaired) electrons. The first-order valence-electron chi connectivity index (χ1n) is 5.13. The molecule has 1 heterocycles. The molecule has 0 saturated carbocycles. The molecule has 0 saturated heterocycles. The van der Waals surface area contributed by atoms with Crippen molar-refractivity contribution in [2.24, 2.45) is 0 Å². The molecule has 0 aliphatic rings. The normalized spacial score (nSPS) is 12.4. The van der Waals surface area contributed by atoms with Crippen LogP contribution < -0.4 is 0 Å². The summed E-state index contributed by atoms with van der Waals surface area (Å²) in [4.78, 5) is 10.7. The summed E-state index contributed by atoms with van der Waals surface area (Å²) in [6, 6.07) is 5.09. The van der Waals surface area contributed by atoms with Gasteiger partial charge < -0.3 is 9.63 Å². The van der Waals surface area contributed by atoms with Crippen molar-refractivity contribution in [1.29, 1.82) is 0 Å². The molecule has 1 N–H and O–H groups in total. The van der Waals surface area contributed by atoms with E-state index in [2.05, 4.69) is 5.16 Å². The number of carbonyl (C=O) groups is 1. The highest BCUT2D eigenvalue weighted by atomic mass is 19.1. The maximum atomic E-state index is 13.5. The Kier molecular flexibility index (Phi) is 3.10. The zero-order valence-electron chi connectivity index (χ0n) is 9.35. The number of alkyl halides is 1. The largest absolute Gasteiger partial charge is 0.476 e. The van der Waals surface area contributed by atoms with E-state index in [1.807, 2.05) is 0 Å². The maximum Gasteiger partial charge on any atom is 0.358 e. The quantitative estimate of drug-likeness (QED) is 0.912. The first kappa shape index (κ1) is 12.2. The van der Waals surface area contributed by atoms with Gasteiger partial charge in [0.2, 0.25) is 0 Å². The Balaban J connectivity index is 2.56. The van der Waals surface area contributed by atoms with Crippen LogP contribution in [0.4, 0.5) is 8.78 Å². The Morgan fingerprint density at radius 1 is 1.50 bits per heavy atom. The zero-order chi connectivity index (χ0) is 13.3. The third-order valence-corrected chi connectivity index (χ3v) is 2.45. The van der Waals surface area contributed by atoms with Crippen LogP contribution in [0.2, 0.25) is 0 Å². The van der Waals surface area contributed by atoms with Gasteiger partial charge in [0.1, 0.15) is 12.0 Å². The summed E-state index contributed by atoms with van der Waals surface area (Å²) in [6.45, 7) is 1.19. The number of hydrogen-bond acceptors (Lipinski definition) is 3. The van der Waals surface area contributed by atoms with Gasteiger partial charge in [0.15, 0.2) is 11.5 Å². The van der Waals surface area contributed by atoms with Crippen LogP contribution in [0.25, 0.3) is 11.3 Å². The molecular weight excluding hydrogens is 244 g/mol. The number of carboxylic acids is 1. The lowest BCUT2D eigenvalue weighted by atomic mass is 10.0. The summed E-state index contributed by atoms with van der Waals surface area (Å²) >= 11 is 0. The van der Waals surface area contributed by atoms with Gasteiger partial charge in [-0.15, -0.1) is 0 Å². The number of benzene rings is 1. The SMILES string of the molecule is CC(F)c1c(F)cccc1-c1cc(C(=O)O)no1. The molecule has 0 aliphatic heterocycles. The van der Waals surface area contributed by atoms with Crippen molar-refractivity contribution < 1.29 is 23.2 Å². The highest BCUT2D eigenvalue weighted by Gasteiger charge is 2.20. The second-order valence-corrected chi connectivity index (χ2v) is 3.70. The minimum absolute atomic E-state index is 0.0198. The first-order valence-corrected chi connectivity index (χ1v) is 5.13. The second-order valence-electron chi connectivity index (χ2n) is 3.70. The summed E-state index contributed by atoms with van der Waals surface area (Å²) < 4.78 is 31.7. The zero-order valence-corrected chi connectivity index (χ0v) is 9.35. The van der Waals surface area contributed by atoms with E-state index in [1.54, 1.807) is 0 Å². The molecule has 2 rings (SSSR count). The van der Waals surface area contributed by atoms with E-state index in [9.17, 15) is 13.6 Å². The van der Waals surface area contributed by atoms with Crippen molar-refractivity contribution in [3.8, 4) is 11.3 Å². The molecule has 6 heteroatoms. The molecule has 1 aromatic heterocycles. The number of carboxylic acid groups (broad SMARTS) is 1. The highest BCUT2D eigenvalue weighted by Crippen LogP contribution is 2.32. The summed E-state index contributed by atoms with van der Waals surface area (Å²) in [7, 11) is 0. The Bertz CT molecular complexity index is 593. The average Bonchev–Trinajstić information content (AvgIpc) is 2.77. The van der Waals surface area contributed by atoms with E-state index in [-0.39, 0.29) is 22.6 Å². The maximum absolute atomic E-state index is 13.5. The van der Waals surface area contributed by atoms with E-state index in [4.69, 9.17) is 9.63 Å². The molecule has 94 valence electrons. The molecule has 1 unspecified atom stereocenters. The van der Waals surface area contributed by atoms with Gasteiger partial charge in [-0.3, -0.25) is 0 Å². The van der Waals surface area contributed by atoms with E-state index >= 15 is 0 Å². The fourth-order valence-corrected chi connectivity index (χ4v) is 1.66. The molecule has 2 aromatic rings. The Morgan fingerprint density at radius 3 is 2.78 bits per heavy atom. The van der Waals surface area contributed by atoms with Crippen LogP contribution in [0, 0.1) is 5.82 Å².